The third-order valence-electron chi connectivity index (χ3n) is 3.73. The number of hydrogen-bond acceptors (Lipinski definition) is 4. The predicted octanol–water partition coefficient (Wildman–Crippen LogP) is 1.82. The zero-order valence-electron chi connectivity index (χ0n) is 11.9. The maximum absolute atomic E-state index is 13.2. The van der Waals surface area contributed by atoms with Crippen LogP contribution in [0.1, 0.15) is 19.8 Å². The highest BCUT2D eigenvalue weighted by Gasteiger charge is 2.30. The molecule has 1 aromatic rings. The molecule has 5 nitrogen and oxygen atoms in total. The van der Waals surface area contributed by atoms with Crippen LogP contribution in [0.4, 0.5) is 10.1 Å². The van der Waals surface area contributed by atoms with Gasteiger partial charge in [-0.05, 0) is 38.9 Å². The van der Waals surface area contributed by atoms with Gasteiger partial charge in [-0.1, -0.05) is 11.6 Å². The normalized spacial score (nSPS) is 17.2. The SMILES string of the molecule is CC(CNS(=O)(=O)c1cc(N)c(F)cc1Cl)N(C)C1CC1. The van der Waals surface area contributed by atoms with E-state index in [4.69, 9.17) is 17.3 Å². The number of hydrogen-bond donors (Lipinski definition) is 2. The van der Waals surface area contributed by atoms with Gasteiger partial charge in [-0.2, -0.15) is 0 Å². The van der Waals surface area contributed by atoms with Crippen LogP contribution in [0.3, 0.4) is 0 Å². The molecule has 1 aliphatic carbocycles. The zero-order valence-corrected chi connectivity index (χ0v) is 13.5. The molecule has 0 bridgehead atoms. The molecule has 1 atom stereocenters. The topological polar surface area (TPSA) is 75.4 Å². The summed E-state index contributed by atoms with van der Waals surface area (Å²) in [5.74, 6) is -0.735. The molecule has 0 amide bonds. The number of likely N-dealkylation sites (N-methyl/N-ethyl adjacent to an activating group) is 1. The lowest BCUT2D eigenvalue weighted by Crippen LogP contribution is -2.41. The van der Waals surface area contributed by atoms with Crippen molar-refractivity contribution in [3.05, 3.63) is 23.0 Å². The van der Waals surface area contributed by atoms with E-state index in [1.165, 1.54) is 0 Å². The molecule has 21 heavy (non-hydrogen) atoms. The number of nitrogens with zero attached hydrogens (tertiary/aromatic N) is 1. The third kappa shape index (κ3) is 3.85. The van der Waals surface area contributed by atoms with Crippen molar-refractivity contribution in [2.75, 3.05) is 19.3 Å². The predicted molar refractivity (Wildman–Crippen MR) is 81.3 cm³/mol. The molecule has 118 valence electrons. The van der Waals surface area contributed by atoms with E-state index in [1.807, 2.05) is 14.0 Å². The van der Waals surface area contributed by atoms with Crippen LogP contribution in [0, 0.1) is 5.82 Å². The van der Waals surface area contributed by atoms with E-state index in [0.29, 0.717) is 6.04 Å². The van der Waals surface area contributed by atoms with Crippen molar-refractivity contribution < 1.29 is 12.8 Å². The lowest BCUT2D eigenvalue weighted by molar-refractivity contribution is 0.248. The number of nitrogens with two attached hydrogens (primary N) is 1. The molecular weight excluding hydrogens is 317 g/mol. The van der Waals surface area contributed by atoms with Gasteiger partial charge in [0.2, 0.25) is 10.0 Å². The number of nitrogen functional groups attached to an aromatic ring is 1. The smallest absolute Gasteiger partial charge is 0.242 e. The average molecular weight is 336 g/mol. The van der Waals surface area contributed by atoms with Gasteiger partial charge in [0.15, 0.2) is 0 Å². The number of rotatable bonds is 6. The average Bonchev–Trinajstić information content (AvgIpc) is 3.23. The molecule has 1 unspecified atom stereocenters. The van der Waals surface area contributed by atoms with Crippen molar-refractivity contribution >= 4 is 27.3 Å². The first kappa shape index (κ1) is 16.5. The van der Waals surface area contributed by atoms with Gasteiger partial charge in [0, 0.05) is 18.6 Å². The number of sulfonamides is 1. The summed E-state index contributed by atoms with van der Waals surface area (Å²) in [5, 5.41) is -0.183. The first-order valence-corrected chi connectivity index (χ1v) is 8.54. The van der Waals surface area contributed by atoms with Crippen LogP contribution < -0.4 is 10.5 Å². The molecule has 0 aromatic heterocycles. The Morgan fingerprint density at radius 1 is 1.52 bits per heavy atom. The van der Waals surface area contributed by atoms with Crippen LogP contribution in [0.15, 0.2) is 17.0 Å². The van der Waals surface area contributed by atoms with Crippen molar-refractivity contribution in [1.29, 1.82) is 0 Å². The fraction of sp³-hybridized carbons (Fsp3) is 0.538. The Bertz CT molecular complexity index is 635. The first-order valence-electron chi connectivity index (χ1n) is 6.68. The molecule has 8 heteroatoms. The summed E-state index contributed by atoms with van der Waals surface area (Å²) >= 11 is 5.80. The van der Waals surface area contributed by atoms with E-state index < -0.39 is 15.8 Å². The summed E-state index contributed by atoms with van der Waals surface area (Å²) in [5.41, 5.74) is 5.16. The number of nitrogens with one attached hydrogen (secondary N) is 1. The first-order chi connectivity index (χ1) is 9.72. The summed E-state index contributed by atoms with van der Waals surface area (Å²) in [7, 11) is -1.85. The quantitative estimate of drug-likeness (QED) is 0.778. The van der Waals surface area contributed by atoms with Gasteiger partial charge in [0.05, 0.1) is 10.7 Å². The lowest BCUT2D eigenvalue weighted by atomic mass is 10.3. The minimum atomic E-state index is -3.82. The molecule has 1 saturated carbocycles. The third-order valence-corrected chi connectivity index (χ3v) is 5.62. The summed E-state index contributed by atoms with van der Waals surface area (Å²) in [6.07, 6.45) is 2.29. The second-order valence-electron chi connectivity index (χ2n) is 5.40. The molecular formula is C13H19ClFN3O2S. The van der Waals surface area contributed by atoms with Crippen LogP contribution in [0.5, 0.6) is 0 Å². The van der Waals surface area contributed by atoms with Crippen molar-refractivity contribution in [3.63, 3.8) is 0 Å². The standard InChI is InChI=1S/C13H19ClFN3O2S/c1-8(18(2)9-3-4-9)7-17-21(19,20)13-6-12(16)11(15)5-10(13)14/h5-6,8-9,17H,3-4,7,16H2,1-2H3. The van der Waals surface area contributed by atoms with Gasteiger partial charge in [0.1, 0.15) is 10.7 Å². The maximum Gasteiger partial charge on any atom is 0.242 e. The van der Waals surface area contributed by atoms with Crippen LogP contribution in [-0.4, -0.2) is 39.0 Å². The second-order valence-corrected chi connectivity index (χ2v) is 7.54. The van der Waals surface area contributed by atoms with Crippen molar-refractivity contribution in [2.45, 2.75) is 36.7 Å². The molecule has 0 heterocycles. The molecule has 0 radical (unpaired) electrons. The minimum Gasteiger partial charge on any atom is -0.396 e. The van der Waals surface area contributed by atoms with E-state index in [1.54, 1.807) is 0 Å². The van der Waals surface area contributed by atoms with E-state index >= 15 is 0 Å². The van der Waals surface area contributed by atoms with Gasteiger partial charge in [-0.3, -0.25) is 4.90 Å². The van der Waals surface area contributed by atoms with Crippen LogP contribution in [-0.2, 0) is 10.0 Å². The van der Waals surface area contributed by atoms with E-state index in [0.717, 1.165) is 25.0 Å². The number of benzene rings is 1. The zero-order chi connectivity index (χ0) is 15.8. The molecule has 2 rings (SSSR count). The molecule has 3 N–H and O–H groups in total. The minimum absolute atomic E-state index is 0.0591. The second kappa shape index (κ2) is 6.08. The van der Waals surface area contributed by atoms with Crippen LogP contribution in [0.25, 0.3) is 0 Å². The summed E-state index contributed by atoms with van der Waals surface area (Å²) in [6, 6.07) is 2.54. The Hall–Kier alpha value is -0.890. The Kier molecular flexibility index (Phi) is 4.77. The molecule has 1 aliphatic rings. The Balaban J connectivity index is 2.09. The Morgan fingerprint density at radius 3 is 2.71 bits per heavy atom. The maximum atomic E-state index is 13.2. The van der Waals surface area contributed by atoms with Gasteiger partial charge in [-0.15, -0.1) is 0 Å². The molecule has 1 fully saturated rings. The van der Waals surface area contributed by atoms with Crippen molar-refractivity contribution in [2.24, 2.45) is 0 Å². The van der Waals surface area contributed by atoms with Crippen molar-refractivity contribution in [1.82, 2.24) is 9.62 Å². The van der Waals surface area contributed by atoms with E-state index in [2.05, 4.69) is 9.62 Å². The van der Waals surface area contributed by atoms with Gasteiger partial charge in [-0.25, -0.2) is 17.5 Å². The molecule has 0 aliphatic heterocycles. The number of halogens is 2. The van der Waals surface area contributed by atoms with Gasteiger partial charge in [0.25, 0.3) is 0 Å². The van der Waals surface area contributed by atoms with Gasteiger partial charge < -0.3 is 5.73 Å². The van der Waals surface area contributed by atoms with E-state index in [-0.39, 0.29) is 28.2 Å². The molecule has 0 spiro atoms. The molecule has 0 saturated heterocycles. The van der Waals surface area contributed by atoms with Crippen LogP contribution >= 0.6 is 11.6 Å². The Labute approximate surface area is 129 Å². The highest BCUT2D eigenvalue weighted by Crippen LogP contribution is 2.28. The Morgan fingerprint density at radius 2 is 2.14 bits per heavy atom. The van der Waals surface area contributed by atoms with E-state index in [9.17, 15) is 12.8 Å². The summed E-state index contributed by atoms with van der Waals surface area (Å²) < 4.78 is 40.2. The molecule has 1 aromatic carbocycles. The summed E-state index contributed by atoms with van der Waals surface area (Å²) in [6.45, 7) is 2.20. The highest BCUT2D eigenvalue weighted by molar-refractivity contribution is 7.89. The largest absolute Gasteiger partial charge is 0.396 e. The highest BCUT2D eigenvalue weighted by atomic mass is 35.5. The van der Waals surface area contributed by atoms with Gasteiger partial charge >= 0.3 is 0 Å². The van der Waals surface area contributed by atoms with Crippen LogP contribution in [0.2, 0.25) is 5.02 Å². The van der Waals surface area contributed by atoms with Crippen molar-refractivity contribution in [3.8, 4) is 0 Å². The fourth-order valence-electron chi connectivity index (χ4n) is 2.04. The fourth-order valence-corrected chi connectivity index (χ4v) is 3.71. The summed E-state index contributed by atoms with van der Waals surface area (Å²) in [4.78, 5) is 1.94. The number of anilines is 1. The lowest BCUT2D eigenvalue weighted by Gasteiger charge is -2.24. The monoisotopic (exact) mass is 335 g/mol.